The third-order valence-corrected chi connectivity index (χ3v) is 4.26. The lowest BCUT2D eigenvalue weighted by molar-refractivity contribution is -0.122. The number of anilines is 1. The Morgan fingerprint density at radius 1 is 1.17 bits per heavy atom. The number of hydrogen-bond donors (Lipinski definition) is 1. The van der Waals surface area contributed by atoms with E-state index in [2.05, 4.69) is 10.4 Å². The van der Waals surface area contributed by atoms with Gasteiger partial charge in [-0.25, -0.2) is 4.68 Å². The number of carbonyl (C=O) groups is 1. The molecule has 4 rings (SSSR count). The van der Waals surface area contributed by atoms with Crippen molar-refractivity contribution in [1.29, 1.82) is 0 Å². The average Bonchev–Trinajstić information content (AvgIpc) is 3.24. The Morgan fingerprint density at radius 2 is 2.04 bits per heavy atom. The van der Waals surface area contributed by atoms with Gasteiger partial charge < -0.3 is 10.1 Å². The van der Waals surface area contributed by atoms with Gasteiger partial charge in [0.05, 0.1) is 5.69 Å². The number of nitrogens with zero attached hydrogens (tertiary/aromatic N) is 2. The Hall–Kier alpha value is -3.08. The first-order valence-corrected chi connectivity index (χ1v) is 7.89. The third kappa shape index (κ3) is 2.54. The molecule has 1 aromatic heterocycles. The van der Waals surface area contributed by atoms with Crippen LogP contribution in [0.5, 0.6) is 5.75 Å². The lowest BCUT2D eigenvalue weighted by Crippen LogP contribution is -2.33. The molecule has 120 valence electrons. The summed E-state index contributed by atoms with van der Waals surface area (Å²) in [6.07, 6.45) is 3.06. The number of para-hydroxylation sites is 1. The molecule has 5 heteroatoms. The minimum Gasteiger partial charge on any atom is -0.480 e. The summed E-state index contributed by atoms with van der Waals surface area (Å²) >= 11 is 0. The predicted octanol–water partition coefficient (Wildman–Crippen LogP) is 3.38. The molecule has 1 aliphatic rings. The van der Waals surface area contributed by atoms with Gasteiger partial charge in [0.15, 0.2) is 6.10 Å². The van der Waals surface area contributed by atoms with Crippen LogP contribution in [0.4, 0.5) is 5.69 Å². The lowest BCUT2D eigenvalue weighted by atomic mass is 9.97. The van der Waals surface area contributed by atoms with Gasteiger partial charge in [0.1, 0.15) is 5.75 Å². The second-order valence-electron chi connectivity index (χ2n) is 5.86. The molecule has 2 aromatic carbocycles. The van der Waals surface area contributed by atoms with Gasteiger partial charge in [-0.3, -0.25) is 4.79 Å². The molecule has 0 radical (unpaired) electrons. The van der Waals surface area contributed by atoms with Crippen molar-refractivity contribution < 1.29 is 9.53 Å². The van der Waals surface area contributed by atoms with Crippen molar-refractivity contribution in [3.63, 3.8) is 0 Å². The molecule has 1 N–H and O–H groups in total. The topological polar surface area (TPSA) is 56.1 Å². The molecule has 0 fully saturated rings. The second kappa shape index (κ2) is 5.85. The van der Waals surface area contributed by atoms with Crippen LogP contribution in [0.1, 0.15) is 18.4 Å². The number of ether oxygens (including phenoxy) is 1. The molecule has 2 heterocycles. The molecule has 1 aliphatic heterocycles. The van der Waals surface area contributed by atoms with E-state index in [1.807, 2.05) is 67.7 Å². The summed E-state index contributed by atoms with van der Waals surface area (Å²) in [6.45, 7) is 2.01. The summed E-state index contributed by atoms with van der Waals surface area (Å²) in [5.41, 5.74) is 2.68. The summed E-state index contributed by atoms with van der Waals surface area (Å²) in [7, 11) is 0. The van der Waals surface area contributed by atoms with Gasteiger partial charge in [-0.05, 0) is 30.3 Å². The van der Waals surface area contributed by atoms with Crippen LogP contribution in [0.2, 0.25) is 0 Å². The highest BCUT2D eigenvalue weighted by atomic mass is 16.5. The molecule has 0 saturated carbocycles. The Morgan fingerprint density at radius 3 is 2.83 bits per heavy atom. The molecule has 5 nitrogen and oxygen atoms in total. The number of hydrogen-bond acceptors (Lipinski definition) is 3. The zero-order valence-corrected chi connectivity index (χ0v) is 13.2. The van der Waals surface area contributed by atoms with E-state index in [4.69, 9.17) is 4.74 Å². The van der Waals surface area contributed by atoms with Crippen LogP contribution in [0.3, 0.4) is 0 Å². The number of fused-ring (bicyclic) bond motifs is 1. The Balaban J connectivity index is 1.52. The summed E-state index contributed by atoms with van der Waals surface area (Å²) in [4.78, 5) is 12.6. The highest BCUT2D eigenvalue weighted by Gasteiger charge is 2.36. The average molecular weight is 319 g/mol. The maximum absolute atomic E-state index is 12.6. The summed E-state index contributed by atoms with van der Waals surface area (Å²) < 4.78 is 7.58. The van der Waals surface area contributed by atoms with Crippen LogP contribution in [-0.2, 0) is 4.79 Å². The molecule has 0 saturated heterocycles. The molecular weight excluding hydrogens is 302 g/mol. The molecular formula is C19H17N3O2. The van der Waals surface area contributed by atoms with Crippen molar-refractivity contribution in [2.45, 2.75) is 18.9 Å². The molecule has 1 amide bonds. The van der Waals surface area contributed by atoms with Crippen molar-refractivity contribution >= 4 is 11.6 Å². The Labute approximate surface area is 139 Å². The number of rotatable bonds is 3. The minimum atomic E-state index is -0.518. The predicted molar refractivity (Wildman–Crippen MR) is 91.5 cm³/mol. The van der Waals surface area contributed by atoms with Crippen LogP contribution in [-0.4, -0.2) is 21.8 Å². The van der Waals surface area contributed by atoms with Crippen LogP contribution in [0.25, 0.3) is 5.69 Å². The van der Waals surface area contributed by atoms with Gasteiger partial charge in [-0.15, -0.1) is 0 Å². The fourth-order valence-electron chi connectivity index (χ4n) is 3.01. The standard InChI is InChI=1S/C19H17N3O2/c1-13-16-8-2-3-9-17(16)24-18(13)19(23)21-14-6-4-7-15(12-14)22-11-5-10-20-22/h2-13,18H,1H3,(H,21,23). The monoisotopic (exact) mass is 319 g/mol. The van der Waals surface area contributed by atoms with E-state index in [0.717, 1.165) is 22.7 Å². The second-order valence-corrected chi connectivity index (χ2v) is 5.86. The van der Waals surface area contributed by atoms with E-state index in [9.17, 15) is 4.79 Å². The van der Waals surface area contributed by atoms with Crippen molar-refractivity contribution in [2.75, 3.05) is 5.32 Å². The first kappa shape index (κ1) is 14.5. The van der Waals surface area contributed by atoms with Crippen LogP contribution < -0.4 is 10.1 Å². The fraction of sp³-hybridized carbons (Fsp3) is 0.158. The van der Waals surface area contributed by atoms with Crippen LogP contribution in [0.15, 0.2) is 67.0 Å². The molecule has 24 heavy (non-hydrogen) atoms. The lowest BCUT2D eigenvalue weighted by Gasteiger charge is -2.15. The van der Waals surface area contributed by atoms with E-state index in [0.29, 0.717) is 0 Å². The van der Waals surface area contributed by atoms with Gasteiger partial charge in [-0.1, -0.05) is 31.2 Å². The van der Waals surface area contributed by atoms with Crippen LogP contribution in [0, 0.1) is 0 Å². The van der Waals surface area contributed by atoms with Gasteiger partial charge >= 0.3 is 0 Å². The van der Waals surface area contributed by atoms with E-state index < -0.39 is 6.10 Å². The molecule has 0 spiro atoms. The van der Waals surface area contributed by atoms with Crippen molar-refractivity contribution in [3.8, 4) is 11.4 Å². The van der Waals surface area contributed by atoms with E-state index in [-0.39, 0.29) is 11.8 Å². The van der Waals surface area contributed by atoms with E-state index in [1.54, 1.807) is 10.9 Å². The normalized spacial score (nSPS) is 18.7. The maximum atomic E-state index is 12.6. The van der Waals surface area contributed by atoms with Crippen molar-refractivity contribution in [1.82, 2.24) is 9.78 Å². The summed E-state index contributed by atoms with van der Waals surface area (Å²) in [5.74, 6) is 0.669. The van der Waals surface area contributed by atoms with Gasteiger partial charge in [0.2, 0.25) is 0 Å². The highest BCUT2D eigenvalue weighted by molar-refractivity contribution is 5.95. The highest BCUT2D eigenvalue weighted by Crippen LogP contribution is 2.38. The maximum Gasteiger partial charge on any atom is 0.266 e. The number of nitrogens with one attached hydrogen (secondary N) is 1. The largest absolute Gasteiger partial charge is 0.480 e. The summed E-state index contributed by atoms with van der Waals surface area (Å²) in [5, 5.41) is 7.15. The minimum absolute atomic E-state index is 0.0236. The number of amides is 1. The number of aromatic nitrogens is 2. The Kier molecular flexibility index (Phi) is 3.54. The molecule has 2 atom stereocenters. The van der Waals surface area contributed by atoms with Gasteiger partial charge in [-0.2, -0.15) is 5.10 Å². The first-order chi connectivity index (χ1) is 11.7. The van der Waals surface area contributed by atoms with Crippen molar-refractivity contribution in [2.24, 2.45) is 0 Å². The van der Waals surface area contributed by atoms with Crippen molar-refractivity contribution in [3.05, 3.63) is 72.6 Å². The number of carbonyl (C=O) groups excluding carboxylic acids is 1. The SMILES string of the molecule is CC1c2ccccc2OC1C(=O)Nc1cccc(-n2cccn2)c1. The number of benzene rings is 2. The van der Waals surface area contributed by atoms with Gasteiger partial charge in [0, 0.05) is 29.6 Å². The molecule has 2 unspecified atom stereocenters. The molecule has 0 bridgehead atoms. The Bertz CT molecular complexity index is 874. The van der Waals surface area contributed by atoms with E-state index in [1.165, 1.54) is 0 Å². The van der Waals surface area contributed by atoms with E-state index >= 15 is 0 Å². The zero-order valence-electron chi connectivity index (χ0n) is 13.2. The smallest absolute Gasteiger partial charge is 0.266 e. The fourth-order valence-corrected chi connectivity index (χ4v) is 3.01. The first-order valence-electron chi connectivity index (χ1n) is 7.89. The third-order valence-electron chi connectivity index (χ3n) is 4.26. The quantitative estimate of drug-likeness (QED) is 0.805. The molecule has 3 aromatic rings. The molecule has 0 aliphatic carbocycles. The summed E-state index contributed by atoms with van der Waals surface area (Å²) in [6, 6.07) is 17.2. The zero-order chi connectivity index (χ0) is 16.5. The van der Waals surface area contributed by atoms with Gasteiger partial charge in [0.25, 0.3) is 5.91 Å². The van der Waals surface area contributed by atoms with Crippen LogP contribution >= 0.6 is 0 Å².